The van der Waals surface area contributed by atoms with Crippen molar-refractivity contribution in [1.29, 1.82) is 0 Å². The van der Waals surface area contributed by atoms with Crippen molar-refractivity contribution in [3.63, 3.8) is 0 Å². The highest BCUT2D eigenvalue weighted by molar-refractivity contribution is 7.10. The molecule has 0 aromatic carbocycles. The van der Waals surface area contributed by atoms with Crippen LogP contribution in [-0.2, 0) is 13.1 Å². The van der Waals surface area contributed by atoms with Crippen LogP contribution < -0.4 is 5.32 Å². The van der Waals surface area contributed by atoms with Crippen molar-refractivity contribution in [2.24, 2.45) is 0 Å². The summed E-state index contributed by atoms with van der Waals surface area (Å²) in [4.78, 5) is 3.71. The Hall–Kier alpha value is -1.10. The molecule has 2 aromatic heterocycles. The third kappa shape index (κ3) is 3.72. The SMILES string of the molecule is CCNCc1cc(CN(C)C(C)c2cccs2)oc1C. The molecular weight excluding hydrogens is 268 g/mol. The first-order valence-corrected chi connectivity index (χ1v) is 8.02. The summed E-state index contributed by atoms with van der Waals surface area (Å²) in [5.41, 5.74) is 1.26. The van der Waals surface area contributed by atoms with Crippen LogP contribution in [0.4, 0.5) is 0 Å². The van der Waals surface area contributed by atoms with E-state index in [1.54, 1.807) is 0 Å². The molecule has 1 N–H and O–H groups in total. The predicted octanol–water partition coefficient (Wildman–Crippen LogP) is 3.95. The highest BCUT2D eigenvalue weighted by atomic mass is 32.1. The van der Waals surface area contributed by atoms with Crippen LogP contribution in [0.25, 0.3) is 0 Å². The Bertz CT molecular complexity index is 519. The fourth-order valence-electron chi connectivity index (χ4n) is 2.23. The molecule has 0 saturated heterocycles. The van der Waals surface area contributed by atoms with Gasteiger partial charge in [0.2, 0.25) is 0 Å². The molecule has 2 rings (SSSR count). The largest absolute Gasteiger partial charge is 0.465 e. The van der Waals surface area contributed by atoms with Gasteiger partial charge in [0, 0.05) is 23.0 Å². The van der Waals surface area contributed by atoms with Crippen molar-refractivity contribution in [3.8, 4) is 0 Å². The molecular formula is C16H24N2OS. The molecule has 20 heavy (non-hydrogen) atoms. The van der Waals surface area contributed by atoms with Gasteiger partial charge in [0.15, 0.2) is 0 Å². The lowest BCUT2D eigenvalue weighted by Gasteiger charge is -2.22. The molecule has 4 heteroatoms. The minimum Gasteiger partial charge on any atom is -0.465 e. The van der Waals surface area contributed by atoms with E-state index < -0.39 is 0 Å². The Morgan fingerprint density at radius 3 is 2.90 bits per heavy atom. The molecule has 1 unspecified atom stereocenters. The van der Waals surface area contributed by atoms with Crippen molar-refractivity contribution in [2.45, 2.75) is 39.9 Å². The van der Waals surface area contributed by atoms with E-state index in [4.69, 9.17) is 4.42 Å². The Balaban J connectivity index is 1.99. The van der Waals surface area contributed by atoms with Gasteiger partial charge < -0.3 is 9.73 Å². The highest BCUT2D eigenvalue weighted by Gasteiger charge is 2.15. The summed E-state index contributed by atoms with van der Waals surface area (Å²) >= 11 is 1.81. The lowest BCUT2D eigenvalue weighted by molar-refractivity contribution is 0.234. The lowest BCUT2D eigenvalue weighted by Crippen LogP contribution is -2.20. The first-order chi connectivity index (χ1) is 9.61. The first-order valence-electron chi connectivity index (χ1n) is 7.14. The van der Waals surface area contributed by atoms with Crippen LogP contribution in [0.3, 0.4) is 0 Å². The summed E-state index contributed by atoms with van der Waals surface area (Å²) in [6, 6.07) is 6.89. The van der Waals surface area contributed by atoms with Gasteiger partial charge in [-0.05, 0) is 45.0 Å². The van der Waals surface area contributed by atoms with E-state index >= 15 is 0 Å². The number of hydrogen-bond donors (Lipinski definition) is 1. The Kier molecular flexibility index (Phi) is 5.40. The van der Waals surface area contributed by atoms with Crippen molar-refractivity contribution >= 4 is 11.3 Å². The maximum absolute atomic E-state index is 5.87. The maximum Gasteiger partial charge on any atom is 0.118 e. The molecule has 0 aliphatic carbocycles. The minimum absolute atomic E-state index is 0.414. The molecule has 110 valence electrons. The average molecular weight is 292 g/mol. The van der Waals surface area contributed by atoms with E-state index in [0.29, 0.717) is 6.04 Å². The van der Waals surface area contributed by atoms with Gasteiger partial charge in [0.05, 0.1) is 6.54 Å². The number of nitrogens with one attached hydrogen (secondary N) is 1. The van der Waals surface area contributed by atoms with Crippen molar-refractivity contribution in [3.05, 3.63) is 45.5 Å². The van der Waals surface area contributed by atoms with Gasteiger partial charge in [0.1, 0.15) is 11.5 Å². The third-order valence-corrected chi connectivity index (χ3v) is 4.70. The Morgan fingerprint density at radius 2 is 2.25 bits per heavy atom. The zero-order valence-corrected chi connectivity index (χ0v) is 13.6. The molecule has 0 radical (unpaired) electrons. The standard InChI is InChI=1S/C16H24N2OS/c1-5-17-10-14-9-15(19-13(14)3)11-18(4)12(2)16-7-6-8-20-16/h6-9,12,17H,5,10-11H2,1-4H3. The molecule has 0 spiro atoms. The summed E-state index contributed by atoms with van der Waals surface area (Å²) in [6.45, 7) is 9.10. The lowest BCUT2D eigenvalue weighted by atomic mass is 10.2. The number of thiophene rings is 1. The van der Waals surface area contributed by atoms with E-state index in [-0.39, 0.29) is 0 Å². The van der Waals surface area contributed by atoms with Crippen LogP contribution >= 0.6 is 11.3 Å². The zero-order valence-electron chi connectivity index (χ0n) is 12.8. The molecule has 1 atom stereocenters. The maximum atomic E-state index is 5.87. The summed E-state index contributed by atoms with van der Waals surface area (Å²) in [6.07, 6.45) is 0. The van der Waals surface area contributed by atoms with Crippen LogP contribution in [-0.4, -0.2) is 18.5 Å². The third-order valence-electron chi connectivity index (χ3n) is 3.66. The minimum atomic E-state index is 0.414. The fourth-order valence-corrected chi connectivity index (χ4v) is 3.08. The second kappa shape index (κ2) is 7.07. The van der Waals surface area contributed by atoms with E-state index in [2.05, 4.69) is 54.7 Å². The van der Waals surface area contributed by atoms with Crippen LogP contribution in [0.15, 0.2) is 28.0 Å². The topological polar surface area (TPSA) is 28.4 Å². The summed E-state index contributed by atoms with van der Waals surface area (Å²) < 4.78 is 5.87. The smallest absolute Gasteiger partial charge is 0.118 e. The summed E-state index contributed by atoms with van der Waals surface area (Å²) in [5.74, 6) is 2.07. The normalized spacial score (nSPS) is 13.1. The highest BCUT2D eigenvalue weighted by Crippen LogP contribution is 2.25. The Labute approximate surface area is 125 Å². The van der Waals surface area contributed by atoms with Crippen LogP contribution in [0, 0.1) is 6.92 Å². The van der Waals surface area contributed by atoms with Gasteiger partial charge in [-0.15, -0.1) is 11.3 Å². The van der Waals surface area contributed by atoms with Gasteiger partial charge in [-0.25, -0.2) is 0 Å². The van der Waals surface area contributed by atoms with Crippen LogP contribution in [0.1, 0.15) is 41.9 Å². The number of nitrogens with zero attached hydrogens (tertiary/aromatic N) is 1. The molecule has 0 bridgehead atoms. The molecule has 0 amide bonds. The first kappa shape index (κ1) is 15.3. The molecule has 0 saturated carbocycles. The molecule has 2 heterocycles. The van der Waals surface area contributed by atoms with E-state index in [1.807, 2.05) is 18.3 Å². The molecule has 0 fully saturated rings. The zero-order chi connectivity index (χ0) is 14.5. The van der Waals surface area contributed by atoms with Crippen molar-refractivity contribution in [2.75, 3.05) is 13.6 Å². The summed E-state index contributed by atoms with van der Waals surface area (Å²) in [7, 11) is 2.15. The van der Waals surface area contributed by atoms with Crippen LogP contribution in [0.2, 0.25) is 0 Å². The number of rotatable bonds is 7. The molecule has 3 nitrogen and oxygen atoms in total. The van der Waals surface area contributed by atoms with Crippen molar-refractivity contribution < 1.29 is 4.42 Å². The van der Waals surface area contributed by atoms with Crippen LogP contribution in [0.5, 0.6) is 0 Å². The second-order valence-electron chi connectivity index (χ2n) is 5.18. The van der Waals surface area contributed by atoms with Crippen molar-refractivity contribution in [1.82, 2.24) is 10.2 Å². The van der Waals surface area contributed by atoms with Gasteiger partial charge in [-0.1, -0.05) is 13.0 Å². The number of furan rings is 1. The fraction of sp³-hybridized carbons (Fsp3) is 0.500. The Morgan fingerprint density at radius 1 is 1.45 bits per heavy atom. The average Bonchev–Trinajstić information content (AvgIpc) is 3.05. The van der Waals surface area contributed by atoms with Gasteiger partial charge >= 0.3 is 0 Å². The number of aryl methyl sites for hydroxylation is 1. The second-order valence-corrected chi connectivity index (χ2v) is 6.16. The summed E-state index contributed by atoms with van der Waals surface area (Å²) in [5, 5.41) is 5.48. The van der Waals surface area contributed by atoms with Gasteiger partial charge in [-0.2, -0.15) is 0 Å². The van der Waals surface area contributed by atoms with E-state index in [9.17, 15) is 0 Å². The molecule has 2 aromatic rings. The van der Waals surface area contributed by atoms with Gasteiger partial charge in [0.25, 0.3) is 0 Å². The molecule has 0 aliphatic heterocycles. The quantitative estimate of drug-likeness (QED) is 0.837. The van der Waals surface area contributed by atoms with Gasteiger partial charge in [-0.3, -0.25) is 4.90 Å². The van der Waals surface area contributed by atoms with E-state index in [0.717, 1.165) is 31.2 Å². The predicted molar refractivity (Wildman–Crippen MR) is 85.0 cm³/mol. The molecule has 0 aliphatic rings. The number of hydrogen-bond acceptors (Lipinski definition) is 4. The monoisotopic (exact) mass is 292 g/mol. The van der Waals surface area contributed by atoms with E-state index in [1.165, 1.54) is 10.4 Å².